The molecule has 6 rings (SSSR count). The van der Waals surface area contributed by atoms with E-state index in [0.717, 1.165) is 0 Å². The summed E-state index contributed by atoms with van der Waals surface area (Å²) < 4.78 is 35.3. The van der Waals surface area contributed by atoms with E-state index in [-0.39, 0.29) is 62.0 Å². The molecule has 308 valence electrons. The molecule has 8 atom stereocenters. The first-order valence-corrected chi connectivity index (χ1v) is 18.9. The zero-order valence-corrected chi connectivity index (χ0v) is 33.7. The topological polar surface area (TPSA) is 213 Å². The van der Waals surface area contributed by atoms with Gasteiger partial charge in [-0.2, -0.15) is 0 Å². The van der Waals surface area contributed by atoms with Crippen molar-refractivity contribution in [3.05, 3.63) is 75.7 Å². The average Bonchev–Trinajstić information content (AvgIpc) is 3.45. The summed E-state index contributed by atoms with van der Waals surface area (Å²) in [5.41, 5.74) is -0.538. The van der Waals surface area contributed by atoms with Gasteiger partial charge in [0.05, 0.1) is 42.6 Å². The van der Waals surface area contributed by atoms with Gasteiger partial charge >= 0.3 is 11.8 Å². The third kappa shape index (κ3) is 7.52. The van der Waals surface area contributed by atoms with Crippen LogP contribution in [-0.2, 0) is 23.8 Å². The molecular formula is C43H48N2O13. The lowest BCUT2D eigenvalue weighted by Gasteiger charge is -2.35. The molecule has 0 saturated carbocycles. The summed E-state index contributed by atoms with van der Waals surface area (Å²) in [5, 5.41) is 36.6. The zero-order chi connectivity index (χ0) is 42.4. The molecule has 2 aliphatic rings. The van der Waals surface area contributed by atoms with Crippen LogP contribution in [0.4, 0.5) is 5.69 Å². The molecule has 4 aromatic rings. The number of aromatic hydroxyl groups is 1. The summed E-state index contributed by atoms with van der Waals surface area (Å²) in [6.07, 6.45) is 3.58. The highest BCUT2D eigenvalue weighted by Crippen LogP contribution is 2.48. The van der Waals surface area contributed by atoms with Crippen LogP contribution in [0.5, 0.6) is 17.2 Å². The van der Waals surface area contributed by atoms with Crippen molar-refractivity contribution in [1.82, 2.24) is 4.98 Å². The second-order valence-electron chi connectivity index (χ2n) is 15.1. The van der Waals surface area contributed by atoms with Crippen molar-refractivity contribution in [2.75, 3.05) is 19.5 Å². The van der Waals surface area contributed by atoms with Gasteiger partial charge in [0.15, 0.2) is 22.3 Å². The Bertz CT molecular complexity index is 2470. The molecular weight excluding hydrogens is 752 g/mol. The number of amides is 1. The summed E-state index contributed by atoms with van der Waals surface area (Å²) in [7, 11) is 2.91. The number of hydrogen-bond acceptors (Lipinski definition) is 14. The number of carbonyl (C=O) groups is 3. The van der Waals surface area contributed by atoms with Gasteiger partial charge in [0.2, 0.25) is 0 Å². The van der Waals surface area contributed by atoms with E-state index in [1.54, 1.807) is 51.1 Å². The molecule has 5 bridgehead atoms. The molecule has 15 heteroatoms. The van der Waals surface area contributed by atoms with Crippen LogP contribution in [0, 0.1) is 24.7 Å². The summed E-state index contributed by atoms with van der Waals surface area (Å²) in [6.45, 7) is 10.8. The Hall–Kier alpha value is -5.77. The number of methoxy groups -OCH3 is 2. The number of aliphatic hydroxyl groups excluding tert-OH is 2. The number of phenolic OH excluding ortho intramolecular Hbond substituents is 1. The normalized spacial score (nSPS) is 29.1. The van der Waals surface area contributed by atoms with E-state index in [9.17, 15) is 34.5 Å². The number of esters is 1. The number of Topliss-reactive ketones (excluding diaryl/α,β-unsaturated/α-hetero) is 1. The number of nitrogens with zero attached hydrogens (tertiary/aromatic N) is 1. The summed E-state index contributed by atoms with van der Waals surface area (Å²) in [4.78, 5) is 59.5. The molecule has 58 heavy (non-hydrogen) atoms. The highest BCUT2D eigenvalue weighted by atomic mass is 16.7. The van der Waals surface area contributed by atoms with Gasteiger partial charge in [0.25, 0.3) is 11.7 Å². The number of phenols is 1. The van der Waals surface area contributed by atoms with Crippen molar-refractivity contribution in [1.29, 1.82) is 0 Å². The van der Waals surface area contributed by atoms with Crippen molar-refractivity contribution in [2.24, 2.45) is 17.8 Å². The molecule has 0 unspecified atom stereocenters. The molecule has 0 radical (unpaired) electrons. The van der Waals surface area contributed by atoms with E-state index in [1.165, 1.54) is 60.3 Å². The van der Waals surface area contributed by atoms with Gasteiger partial charge in [-0.3, -0.25) is 19.2 Å². The highest BCUT2D eigenvalue weighted by Gasteiger charge is 2.49. The Balaban J connectivity index is 1.59. The van der Waals surface area contributed by atoms with Crippen LogP contribution in [0.15, 0.2) is 63.6 Å². The minimum Gasteiger partial charge on any atom is -0.505 e. The number of aromatic nitrogens is 1. The van der Waals surface area contributed by atoms with Crippen molar-refractivity contribution in [3.63, 3.8) is 0 Å². The molecule has 0 spiro atoms. The van der Waals surface area contributed by atoms with Gasteiger partial charge in [-0.15, -0.1) is 0 Å². The van der Waals surface area contributed by atoms with Crippen LogP contribution in [0.1, 0.15) is 63.9 Å². The number of nitrogens with one attached hydrogen (secondary N) is 1. The van der Waals surface area contributed by atoms with Gasteiger partial charge in [-0.25, -0.2) is 4.98 Å². The average molecular weight is 801 g/mol. The second kappa shape index (κ2) is 16.2. The highest BCUT2D eigenvalue weighted by molar-refractivity contribution is 6.26. The van der Waals surface area contributed by atoms with Gasteiger partial charge in [0, 0.05) is 67.7 Å². The van der Waals surface area contributed by atoms with E-state index in [0.29, 0.717) is 11.3 Å². The number of ether oxygens (including phenoxy) is 5. The van der Waals surface area contributed by atoms with E-state index >= 15 is 0 Å². The summed E-state index contributed by atoms with van der Waals surface area (Å²) in [6, 6.07) is 4.83. The zero-order valence-electron chi connectivity index (χ0n) is 33.7. The molecule has 0 saturated heterocycles. The molecule has 2 aliphatic heterocycles. The maximum absolute atomic E-state index is 14.5. The van der Waals surface area contributed by atoms with Crippen molar-refractivity contribution >= 4 is 56.3 Å². The Morgan fingerprint density at radius 3 is 2.41 bits per heavy atom. The van der Waals surface area contributed by atoms with Gasteiger partial charge in [-0.1, -0.05) is 39.0 Å². The van der Waals surface area contributed by atoms with Crippen LogP contribution < -0.4 is 20.2 Å². The number of hydrogen-bond donors (Lipinski definition) is 4. The lowest BCUT2D eigenvalue weighted by atomic mass is 9.83. The Labute approximate surface area is 333 Å². The predicted octanol–water partition coefficient (Wildman–Crippen LogP) is 5.76. The smallest absolute Gasteiger partial charge is 0.312 e. The molecule has 15 nitrogen and oxygen atoms in total. The fraction of sp³-hybridized carbons (Fsp3) is 0.419. The maximum atomic E-state index is 14.5. The van der Waals surface area contributed by atoms with E-state index in [4.69, 9.17) is 33.1 Å². The minimum atomic E-state index is -2.03. The van der Waals surface area contributed by atoms with Crippen LogP contribution in [-0.4, -0.2) is 82.4 Å². The molecule has 0 aliphatic carbocycles. The van der Waals surface area contributed by atoms with Gasteiger partial charge in [0.1, 0.15) is 34.3 Å². The first-order valence-electron chi connectivity index (χ1n) is 18.9. The summed E-state index contributed by atoms with van der Waals surface area (Å²) >= 11 is 0. The second-order valence-corrected chi connectivity index (χ2v) is 15.1. The van der Waals surface area contributed by atoms with Crippen LogP contribution in [0.3, 0.4) is 0 Å². The standard InChI is InChI=1S/C43H48N2O13/c1-19-11-10-12-20(2)42(52)45-35-37(50)32-31(34-40(35)57-30-17-25(53-8)13-14-26(30)44-34)33-39(23(5)36(32)49)58-43(7,41(33)51)55-16-15-29(54-9)22(4)38(56-24(6)46)21(3)28(48)18-27(19)47/h10-17,19,21-22,27-29,38,47-48,50H,18H2,1-9H3,(H,45,52)/b11-10+,16-15+,20-12-/t19-,21+,22+,27+,28+,29-,38-,43-/m0/s1. The molecule has 3 heterocycles. The number of benzene rings is 3. The SMILES string of the molecule is COc1ccc2nc3c(oc2c1)c1c(O)c2c(=O)c(C)c4c(c23)C(=O)[C@@](C)(O/C=C/[C@H](OC)[C@@H](C)[C@@H](OC(C)=O)[C@H](C)[C@H](O)C[C@@H](O)[C@@H](C)/C=C/C=C(/C)C(=O)N1)O4. The third-order valence-electron chi connectivity index (χ3n) is 11.1. The summed E-state index contributed by atoms with van der Waals surface area (Å²) in [5.74, 6) is -6.04. The monoisotopic (exact) mass is 800 g/mol. The van der Waals surface area contributed by atoms with Crippen molar-refractivity contribution in [2.45, 2.75) is 85.1 Å². The van der Waals surface area contributed by atoms with E-state index in [1.807, 2.05) is 0 Å². The van der Waals surface area contributed by atoms with E-state index in [2.05, 4.69) is 5.32 Å². The number of carbonyl (C=O) groups excluding carboxylic acids is 3. The first kappa shape index (κ1) is 41.9. The number of anilines is 1. The lowest BCUT2D eigenvalue weighted by molar-refractivity contribution is -0.158. The molecule has 1 amide bonds. The molecule has 3 aromatic carbocycles. The molecule has 0 fully saturated rings. The Kier molecular flexibility index (Phi) is 11.7. The fourth-order valence-corrected chi connectivity index (χ4v) is 7.47. The number of fused-ring (bicyclic) bond motifs is 5. The van der Waals surface area contributed by atoms with Crippen LogP contribution >= 0.6 is 0 Å². The Morgan fingerprint density at radius 2 is 1.74 bits per heavy atom. The first-order chi connectivity index (χ1) is 27.4. The lowest BCUT2D eigenvalue weighted by Crippen LogP contribution is -2.43. The number of rotatable bonds is 3. The van der Waals surface area contributed by atoms with Crippen LogP contribution in [0.2, 0.25) is 0 Å². The Morgan fingerprint density at radius 1 is 1.02 bits per heavy atom. The van der Waals surface area contributed by atoms with Crippen LogP contribution in [0.25, 0.3) is 33.0 Å². The predicted molar refractivity (Wildman–Crippen MR) is 214 cm³/mol. The fourth-order valence-electron chi connectivity index (χ4n) is 7.47. The largest absolute Gasteiger partial charge is 0.505 e. The third-order valence-corrected chi connectivity index (χ3v) is 11.1. The maximum Gasteiger partial charge on any atom is 0.312 e. The van der Waals surface area contributed by atoms with E-state index < -0.39 is 76.8 Å². The van der Waals surface area contributed by atoms with Crippen molar-refractivity contribution < 1.29 is 57.8 Å². The van der Waals surface area contributed by atoms with Gasteiger partial charge < -0.3 is 48.7 Å². The number of allylic oxidation sites excluding steroid dienone is 2. The minimum absolute atomic E-state index is 0.00949. The van der Waals surface area contributed by atoms with Crippen molar-refractivity contribution in [3.8, 4) is 17.2 Å². The number of ketones is 1. The number of aliphatic hydroxyl groups is 2. The quantitative estimate of drug-likeness (QED) is 0.0840. The molecule has 4 N–H and O–H groups in total. The molecule has 1 aromatic heterocycles. The van der Waals surface area contributed by atoms with Gasteiger partial charge in [-0.05, 0) is 32.1 Å².